The van der Waals surface area contributed by atoms with Crippen molar-refractivity contribution in [3.8, 4) is 11.5 Å². The normalized spacial score (nSPS) is 27.7. The van der Waals surface area contributed by atoms with Gasteiger partial charge >= 0.3 is 0 Å². The molecule has 1 aliphatic carbocycles. The number of piperidine rings is 1. The van der Waals surface area contributed by atoms with Gasteiger partial charge in [0.25, 0.3) is 0 Å². The standard InChI is InChI=1S/C23H27NO3/c1-26-17-11-7-15(8-12-17)21-19-5-3-4-6-20(23(19)25)22(24-21)16-9-13-18(27-2)14-10-16/h7-14,19-22,24H,3-6H2,1-2H3/p+1/t19-,20+,21-,22-/m0/s1. The Labute approximate surface area is 160 Å². The van der Waals surface area contributed by atoms with Gasteiger partial charge in [0.15, 0.2) is 5.78 Å². The average Bonchev–Trinajstić information content (AvgIpc) is 2.84. The van der Waals surface area contributed by atoms with Gasteiger partial charge in [-0.15, -0.1) is 0 Å². The number of nitrogens with two attached hydrogens (primary N) is 1. The number of carbonyl (C=O) groups excluding carboxylic acids is 1. The number of Topliss-reactive ketones (excluding diaryl/α,β-unsaturated/α-hetero) is 1. The first-order valence-electron chi connectivity index (χ1n) is 9.88. The fourth-order valence-corrected chi connectivity index (χ4v) is 4.83. The first kappa shape index (κ1) is 18.1. The highest BCUT2D eigenvalue weighted by Crippen LogP contribution is 2.40. The monoisotopic (exact) mass is 366 g/mol. The first-order valence-corrected chi connectivity index (χ1v) is 9.88. The van der Waals surface area contributed by atoms with Crippen LogP contribution >= 0.6 is 0 Å². The number of ether oxygens (including phenoxy) is 2. The maximum absolute atomic E-state index is 13.4. The molecule has 1 saturated carbocycles. The lowest BCUT2D eigenvalue weighted by Crippen LogP contribution is -2.91. The van der Waals surface area contributed by atoms with Crippen molar-refractivity contribution in [2.24, 2.45) is 11.8 Å². The highest BCUT2D eigenvalue weighted by molar-refractivity contribution is 5.85. The van der Waals surface area contributed by atoms with E-state index in [1.807, 2.05) is 24.3 Å². The van der Waals surface area contributed by atoms with Crippen molar-refractivity contribution in [2.45, 2.75) is 37.8 Å². The summed E-state index contributed by atoms with van der Waals surface area (Å²) in [7, 11) is 3.36. The van der Waals surface area contributed by atoms with Gasteiger partial charge in [0.2, 0.25) is 0 Å². The molecule has 4 rings (SSSR count). The molecule has 0 aromatic heterocycles. The molecule has 142 valence electrons. The predicted octanol–water partition coefficient (Wildman–Crippen LogP) is 3.44. The number of methoxy groups -OCH3 is 2. The van der Waals surface area contributed by atoms with Gasteiger partial charge in [0.05, 0.1) is 26.1 Å². The molecule has 0 amide bonds. The van der Waals surface area contributed by atoms with Crippen LogP contribution in [0.15, 0.2) is 48.5 Å². The topological polar surface area (TPSA) is 52.1 Å². The third-order valence-corrected chi connectivity index (χ3v) is 6.29. The van der Waals surface area contributed by atoms with Crippen LogP contribution in [0.2, 0.25) is 0 Å². The highest BCUT2D eigenvalue weighted by atomic mass is 16.5. The van der Waals surface area contributed by atoms with E-state index in [-0.39, 0.29) is 23.9 Å². The number of hydrogen-bond acceptors (Lipinski definition) is 3. The van der Waals surface area contributed by atoms with Crippen molar-refractivity contribution in [1.29, 1.82) is 0 Å². The van der Waals surface area contributed by atoms with Crippen molar-refractivity contribution in [3.63, 3.8) is 0 Å². The van der Waals surface area contributed by atoms with Gasteiger partial charge in [-0.1, -0.05) is 12.8 Å². The Morgan fingerprint density at radius 2 is 1.15 bits per heavy atom. The Hall–Kier alpha value is -2.33. The van der Waals surface area contributed by atoms with E-state index in [1.54, 1.807) is 14.2 Å². The highest BCUT2D eigenvalue weighted by Gasteiger charge is 2.48. The summed E-state index contributed by atoms with van der Waals surface area (Å²) in [6.45, 7) is 0. The molecule has 4 atom stereocenters. The molecule has 2 aliphatic rings. The molecule has 4 nitrogen and oxygen atoms in total. The molecule has 2 fully saturated rings. The lowest BCUT2D eigenvalue weighted by atomic mass is 9.74. The SMILES string of the molecule is COc1ccc([C@@H]2[NH2+][C@@H](c3ccc(OC)cc3)[C@H]3CCCC[C@@H]2C3=O)cc1. The molecule has 2 N–H and O–H groups in total. The maximum Gasteiger partial charge on any atom is 0.151 e. The number of quaternary nitrogens is 1. The summed E-state index contributed by atoms with van der Waals surface area (Å²) in [5, 5.41) is 2.44. The van der Waals surface area contributed by atoms with Crippen molar-refractivity contribution in [2.75, 3.05) is 14.2 Å². The summed E-state index contributed by atoms with van der Waals surface area (Å²) >= 11 is 0. The fourth-order valence-electron chi connectivity index (χ4n) is 4.83. The van der Waals surface area contributed by atoms with Crippen LogP contribution < -0.4 is 14.8 Å². The number of fused-ring (bicyclic) bond motifs is 2. The molecule has 0 radical (unpaired) electrons. The minimum absolute atomic E-state index is 0.111. The van der Waals surface area contributed by atoms with Gasteiger partial charge in [-0.3, -0.25) is 4.79 Å². The maximum atomic E-state index is 13.4. The first-order chi connectivity index (χ1) is 13.2. The van der Waals surface area contributed by atoms with Crippen LogP contribution in [0.4, 0.5) is 0 Å². The molecule has 0 unspecified atom stereocenters. The summed E-state index contributed by atoms with van der Waals surface area (Å²) in [4.78, 5) is 13.4. The second kappa shape index (κ2) is 7.73. The van der Waals surface area contributed by atoms with Crippen molar-refractivity contribution in [3.05, 3.63) is 59.7 Å². The van der Waals surface area contributed by atoms with Crippen LogP contribution in [-0.2, 0) is 4.79 Å². The number of ketones is 1. The molecule has 2 bridgehead atoms. The van der Waals surface area contributed by atoms with E-state index in [0.717, 1.165) is 37.2 Å². The van der Waals surface area contributed by atoms with Crippen molar-refractivity contribution >= 4 is 5.78 Å². The van der Waals surface area contributed by atoms with Crippen LogP contribution in [0.1, 0.15) is 48.9 Å². The van der Waals surface area contributed by atoms with E-state index in [2.05, 4.69) is 29.6 Å². The van der Waals surface area contributed by atoms with Crippen LogP contribution in [0.3, 0.4) is 0 Å². The molecule has 4 heteroatoms. The van der Waals surface area contributed by atoms with E-state index >= 15 is 0 Å². The van der Waals surface area contributed by atoms with Crippen LogP contribution in [0.5, 0.6) is 11.5 Å². The van der Waals surface area contributed by atoms with E-state index < -0.39 is 0 Å². The van der Waals surface area contributed by atoms with Gasteiger partial charge in [0, 0.05) is 11.1 Å². The Morgan fingerprint density at radius 3 is 1.52 bits per heavy atom. The molecule has 1 heterocycles. The van der Waals surface area contributed by atoms with Gasteiger partial charge in [-0.2, -0.15) is 0 Å². The zero-order valence-electron chi connectivity index (χ0n) is 16.1. The molecular weight excluding hydrogens is 338 g/mol. The predicted molar refractivity (Wildman–Crippen MR) is 104 cm³/mol. The average molecular weight is 366 g/mol. The van der Waals surface area contributed by atoms with Gasteiger partial charge < -0.3 is 14.8 Å². The molecular formula is C23H28NO3+. The number of benzene rings is 2. The van der Waals surface area contributed by atoms with E-state index in [9.17, 15) is 4.79 Å². The number of rotatable bonds is 4. The van der Waals surface area contributed by atoms with E-state index in [4.69, 9.17) is 9.47 Å². The third kappa shape index (κ3) is 3.46. The quantitative estimate of drug-likeness (QED) is 0.902. The molecule has 2 aromatic rings. The van der Waals surface area contributed by atoms with Crippen LogP contribution in [0, 0.1) is 11.8 Å². The van der Waals surface area contributed by atoms with E-state index in [1.165, 1.54) is 11.1 Å². The zero-order valence-corrected chi connectivity index (χ0v) is 16.1. The Morgan fingerprint density at radius 1 is 0.741 bits per heavy atom. The molecule has 2 aromatic carbocycles. The Bertz CT molecular complexity index is 719. The largest absolute Gasteiger partial charge is 0.497 e. The van der Waals surface area contributed by atoms with Gasteiger partial charge in [0.1, 0.15) is 23.6 Å². The zero-order chi connectivity index (χ0) is 18.8. The van der Waals surface area contributed by atoms with Crippen molar-refractivity contribution in [1.82, 2.24) is 0 Å². The summed E-state index contributed by atoms with van der Waals surface area (Å²) in [6.07, 6.45) is 4.28. The summed E-state index contributed by atoms with van der Waals surface area (Å²) in [6, 6.07) is 16.8. The Balaban J connectivity index is 1.69. The molecule has 27 heavy (non-hydrogen) atoms. The molecule has 1 saturated heterocycles. The van der Waals surface area contributed by atoms with Crippen LogP contribution in [-0.4, -0.2) is 20.0 Å². The summed E-state index contributed by atoms with van der Waals surface area (Å²) in [5.41, 5.74) is 2.43. The Kier molecular flexibility index (Phi) is 5.17. The smallest absolute Gasteiger partial charge is 0.151 e. The van der Waals surface area contributed by atoms with E-state index in [0.29, 0.717) is 5.78 Å². The van der Waals surface area contributed by atoms with Crippen LogP contribution in [0.25, 0.3) is 0 Å². The third-order valence-electron chi connectivity index (χ3n) is 6.29. The summed E-state index contributed by atoms with van der Waals surface area (Å²) < 4.78 is 10.6. The minimum Gasteiger partial charge on any atom is -0.497 e. The van der Waals surface area contributed by atoms with Crippen molar-refractivity contribution < 1.29 is 19.6 Å². The second-order valence-electron chi connectivity index (χ2n) is 7.69. The lowest BCUT2D eigenvalue weighted by molar-refractivity contribution is -0.749. The molecule has 1 aliphatic heterocycles. The van der Waals surface area contributed by atoms with Gasteiger partial charge in [-0.05, 0) is 61.4 Å². The lowest BCUT2D eigenvalue weighted by Gasteiger charge is -2.37. The summed E-state index contributed by atoms with van der Waals surface area (Å²) in [5.74, 6) is 2.38. The fraction of sp³-hybridized carbons (Fsp3) is 0.435. The number of hydrogen-bond donors (Lipinski definition) is 1. The minimum atomic E-state index is 0.111. The molecule has 0 spiro atoms. The number of carbonyl (C=O) groups is 1. The van der Waals surface area contributed by atoms with Gasteiger partial charge in [-0.25, -0.2) is 0 Å². The second-order valence-corrected chi connectivity index (χ2v) is 7.69.